The Morgan fingerprint density at radius 1 is 1.18 bits per heavy atom. The minimum Gasteiger partial charge on any atom is -0.296 e. The molecule has 0 saturated carbocycles. The van der Waals surface area contributed by atoms with Gasteiger partial charge < -0.3 is 0 Å². The van der Waals surface area contributed by atoms with Crippen LogP contribution in [0.3, 0.4) is 0 Å². The molecule has 1 aliphatic rings. The highest BCUT2D eigenvalue weighted by Gasteiger charge is 2.19. The molecule has 0 aromatic heterocycles. The lowest BCUT2D eigenvalue weighted by atomic mass is 9.93. The number of hydrogen-bond acceptors (Lipinski definition) is 1. The molecule has 0 radical (unpaired) electrons. The van der Waals surface area contributed by atoms with Crippen LogP contribution in [0.2, 0.25) is 0 Å². The summed E-state index contributed by atoms with van der Waals surface area (Å²) in [4.78, 5) is 2.62. The third-order valence-electron chi connectivity index (χ3n) is 4.15. The van der Waals surface area contributed by atoms with Crippen LogP contribution >= 0.6 is 0 Å². The number of hydrogen-bond donors (Lipinski definition) is 0. The predicted octanol–water partition coefficient (Wildman–Crippen LogP) is 3.97. The Kier molecular flexibility index (Phi) is 3.88. The highest BCUT2D eigenvalue weighted by molar-refractivity contribution is 5.35. The average molecular weight is 231 g/mol. The van der Waals surface area contributed by atoms with E-state index in [2.05, 4.69) is 50.8 Å². The van der Waals surface area contributed by atoms with Crippen LogP contribution in [0, 0.1) is 0 Å². The van der Waals surface area contributed by atoms with E-state index >= 15 is 0 Å². The fourth-order valence-corrected chi connectivity index (χ4v) is 2.59. The van der Waals surface area contributed by atoms with E-state index in [0.29, 0.717) is 12.0 Å². The van der Waals surface area contributed by atoms with Gasteiger partial charge in [0.1, 0.15) is 0 Å². The molecule has 1 atom stereocenters. The summed E-state index contributed by atoms with van der Waals surface area (Å²) in [6.07, 6.45) is 2.47. The largest absolute Gasteiger partial charge is 0.296 e. The van der Waals surface area contributed by atoms with Crippen molar-refractivity contribution in [2.75, 3.05) is 6.54 Å². The maximum Gasteiger partial charge on any atom is 0.0239 e. The van der Waals surface area contributed by atoms with E-state index in [1.807, 2.05) is 0 Å². The zero-order chi connectivity index (χ0) is 12.4. The van der Waals surface area contributed by atoms with Crippen molar-refractivity contribution in [1.82, 2.24) is 4.90 Å². The molecule has 1 unspecified atom stereocenters. The molecule has 0 spiro atoms. The van der Waals surface area contributed by atoms with E-state index in [1.165, 1.54) is 24.9 Å². The van der Waals surface area contributed by atoms with Crippen molar-refractivity contribution < 1.29 is 0 Å². The maximum atomic E-state index is 2.62. The highest BCUT2D eigenvalue weighted by atomic mass is 15.1. The first kappa shape index (κ1) is 12.6. The van der Waals surface area contributed by atoms with Crippen LogP contribution in [0.15, 0.2) is 18.2 Å². The van der Waals surface area contributed by atoms with Crippen LogP contribution in [-0.2, 0) is 13.0 Å². The molecule has 0 N–H and O–H groups in total. The molecule has 0 saturated heterocycles. The van der Waals surface area contributed by atoms with Crippen molar-refractivity contribution in [3.8, 4) is 0 Å². The molecule has 1 aromatic rings. The van der Waals surface area contributed by atoms with Crippen LogP contribution in [-0.4, -0.2) is 17.5 Å². The summed E-state index contributed by atoms with van der Waals surface area (Å²) in [6, 6.07) is 7.79. The van der Waals surface area contributed by atoms with Gasteiger partial charge in [-0.25, -0.2) is 0 Å². The first-order valence-corrected chi connectivity index (χ1v) is 6.97. The zero-order valence-corrected chi connectivity index (χ0v) is 11.7. The van der Waals surface area contributed by atoms with E-state index in [-0.39, 0.29) is 0 Å². The first-order valence-electron chi connectivity index (χ1n) is 6.97. The van der Waals surface area contributed by atoms with Crippen LogP contribution in [0.5, 0.6) is 0 Å². The molecular formula is C16H25N. The maximum absolute atomic E-state index is 2.62. The minimum atomic E-state index is 0.638. The summed E-state index contributed by atoms with van der Waals surface area (Å²) in [7, 11) is 0. The Labute approximate surface area is 106 Å². The highest BCUT2D eigenvalue weighted by Crippen LogP contribution is 2.25. The van der Waals surface area contributed by atoms with Gasteiger partial charge in [0.2, 0.25) is 0 Å². The Bertz CT molecular complexity index is 381. The van der Waals surface area contributed by atoms with E-state index in [0.717, 1.165) is 6.54 Å². The van der Waals surface area contributed by atoms with Crippen molar-refractivity contribution in [2.45, 2.75) is 59.0 Å². The fourth-order valence-electron chi connectivity index (χ4n) is 2.59. The monoisotopic (exact) mass is 231 g/mol. The molecule has 1 heteroatoms. The van der Waals surface area contributed by atoms with Crippen LogP contribution in [0.4, 0.5) is 0 Å². The molecule has 1 aliphatic heterocycles. The molecule has 0 amide bonds. The van der Waals surface area contributed by atoms with Gasteiger partial charge in [0.25, 0.3) is 0 Å². The summed E-state index contributed by atoms with van der Waals surface area (Å²) in [5.74, 6) is 0.638. The smallest absolute Gasteiger partial charge is 0.0239 e. The van der Waals surface area contributed by atoms with Crippen LogP contribution < -0.4 is 0 Å². The molecule has 94 valence electrons. The molecule has 0 aliphatic carbocycles. The topological polar surface area (TPSA) is 3.24 Å². The van der Waals surface area contributed by atoms with E-state index in [1.54, 1.807) is 11.1 Å². The quantitative estimate of drug-likeness (QED) is 0.761. The van der Waals surface area contributed by atoms with Crippen molar-refractivity contribution in [3.05, 3.63) is 34.9 Å². The molecule has 0 fully saturated rings. The summed E-state index contributed by atoms with van der Waals surface area (Å²) >= 11 is 0. The molecule has 1 nitrogen and oxygen atoms in total. The normalized spacial score (nSPS) is 18.2. The van der Waals surface area contributed by atoms with Crippen LogP contribution in [0.25, 0.3) is 0 Å². The SMILES string of the molecule is CCC(C)N1CCc2ccc(C(C)C)cc2C1. The summed E-state index contributed by atoms with van der Waals surface area (Å²) in [5, 5.41) is 0. The standard InChI is InChI=1S/C16H25N/c1-5-13(4)17-9-8-14-6-7-15(12(2)3)10-16(14)11-17/h6-7,10,12-13H,5,8-9,11H2,1-4H3. The second-order valence-corrected chi connectivity index (χ2v) is 5.66. The number of benzene rings is 1. The average Bonchev–Trinajstić information content (AvgIpc) is 2.36. The summed E-state index contributed by atoms with van der Waals surface area (Å²) in [5.41, 5.74) is 4.60. The van der Waals surface area contributed by atoms with Gasteiger partial charge in [0.05, 0.1) is 0 Å². The first-order chi connectivity index (χ1) is 8.11. The lowest BCUT2D eigenvalue weighted by Gasteiger charge is -2.33. The van der Waals surface area contributed by atoms with E-state index < -0.39 is 0 Å². The zero-order valence-electron chi connectivity index (χ0n) is 11.7. The Hall–Kier alpha value is -0.820. The molecule has 1 aromatic carbocycles. The Morgan fingerprint density at radius 2 is 1.94 bits per heavy atom. The van der Waals surface area contributed by atoms with E-state index in [4.69, 9.17) is 0 Å². The summed E-state index contributed by atoms with van der Waals surface area (Å²) < 4.78 is 0. The third kappa shape index (κ3) is 2.71. The number of fused-ring (bicyclic) bond motifs is 1. The summed E-state index contributed by atoms with van der Waals surface area (Å²) in [6.45, 7) is 11.5. The fraction of sp³-hybridized carbons (Fsp3) is 0.625. The van der Waals surface area contributed by atoms with Gasteiger partial charge in [-0.15, -0.1) is 0 Å². The van der Waals surface area contributed by atoms with Crippen molar-refractivity contribution in [1.29, 1.82) is 0 Å². The molecule has 17 heavy (non-hydrogen) atoms. The third-order valence-corrected chi connectivity index (χ3v) is 4.15. The van der Waals surface area contributed by atoms with Gasteiger partial charge in [-0.3, -0.25) is 4.90 Å². The Morgan fingerprint density at radius 3 is 2.59 bits per heavy atom. The molecule has 1 heterocycles. The van der Waals surface area contributed by atoms with Crippen molar-refractivity contribution in [3.63, 3.8) is 0 Å². The number of nitrogens with zero attached hydrogens (tertiary/aromatic N) is 1. The van der Waals surface area contributed by atoms with Crippen molar-refractivity contribution in [2.24, 2.45) is 0 Å². The van der Waals surface area contributed by atoms with Gasteiger partial charge >= 0.3 is 0 Å². The number of rotatable bonds is 3. The second-order valence-electron chi connectivity index (χ2n) is 5.66. The minimum absolute atomic E-state index is 0.638. The van der Waals surface area contributed by atoms with Gasteiger partial charge in [0.15, 0.2) is 0 Å². The van der Waals surface area contributed by atoms with Gasteiger partial charge in [-0.1, -0.05) is 39.0 Å². The lowest BCUT2D eigenvalue weighted by Crippen LogP contribution is -2.37. The Balaban J connectivity index is 2.20. The lowest BCUT2D eigenvalue weighted by molar-refractivity contribution is 0.186. The molecular weight excluding hydrogens is 206 g/mol. The van der Waals surface area contributed by atoms with Gasteiger partial charge in [-0.05, 0) is 42.4 Å². The molecule has 2 rings (SSSR count). The van der Waals surface area contributed by atoms with Crippen molar-refractivity contribution >= 4 is 0 Å². The predicted molar refractivity (Wildman–Crippen MR) is 74.4 cm³/mol. The van der Waals surface area contributed by atoms with E-state index in [9.17, 15) is 0 Å². The molecule has 0 bridgehead atoms. The van der Waals surface area contributed by atoms with Crippen LogP contribution in [0.1, 0.15) is 56.7 Å². The van der Waals surface area contributed by atoms with Gasteiger partial charge in [0, 0.05) is 19.1 Å². The second kappa shape index (κ2) is 5.22. The van der Waals surface area contributed by atoms with Gasteiger partial charge in [-0.2, -0.15) is 0 Å².